The molecule has 32 heavy (non-hydrogen) atoms. The largest absolute Gasteiger partial charge is 0.506 e. The highest BCUT2D eigenvalue weighted by Crippen LogP contribution is 2.40. The van der Waals surface area contributed by atoms with Gasteiger partial charge in [0.15, 0.2) is 0 Å². The van der Waals surface area contributed by atoms with Gasteiger partial charge in [-0.15, -0.1) is 0 Å². The molecular weight excluding hydrogens is 404 g/mol. The van der Waals surface area contributed by atoms with E-state index < -0.39 is 10.8 Å². The third-order valence-electron chi connectivity index (χ3n) is 5.58. The van der Waals surface area contributed by atoms with Crippen LogP contribution in [-0.4, -0.2) is 15.9 Å². The summed E-state index contributed by atoms with van der Waals surface area (Å²) in [5.74, 6) is -0.715. The molecule has 1 aromatic rings. The Labute approximate surface area is 189 Å². The highest BCUT2D eigenvalue weighted by Gasteiger charge is 2.26. The highest BCUT2D eigenvalue weighted by atomic mass is 16.6. The van der Waals surface area contributed by atoms with E-state index in [0.29, 0.717) is 5.57 Å². The molecule has 0 atom stereocenters. The van der Waals surface area contributed by atoms with Crippen LogP contribution in [0, 0.1) is 15.5 Å². The fourth-order valence-electron chi connectivity index (χ4n) is 3.79. The Morgan fingerprint density at radius 3 is 2.59 bits per heavy atom. The zero-order valence-electron chi connectivity index (χ0n) is 19.4. The number of rotatable bonds is 7. The summed E-state index contributed by atoms with van der Waals surface area (Å²) >= 11 is 0. The van der Waals surface area contributed by atoms with Crippen LogP contribution < -0.4 is 5.32 Å². The average Bonchev–Trinajstić information content (AvgIpc) is 2.68. The standard InChI is InChI=1S/C26H32N2O4/c1-18(11-13-22-20(3)10-7-15-26(22,4)5)8-6-9-19(2)16-25(30)27-23-17-21(28(31)32)12-14-24(23)29/h6,8-9,11-14,16-17,29H,7,10,15H2,1-5H3,(H,27,30)/b9-6+,13-11+,18-8+,19-16+. The van der Waals surface area contributed by atoms with Crippen LogP contribution in [0.1, 0.15) is 53.9 Å². The summed E-state index contributed by atoms with van der Waals surface area (Å²) in [5.41, 5.74) is 4.66. The normalized spacial score (nSPS) is 17.3. The molecule has 0 aliphatic heterocycles. The van der Waals surface area contributed by atoms with E-state index in [4.69, 9.17) is 0 Å². The van der Waals surface area contributed by atoms with Crippen LogP contribution in [0.2, 0.25) is 0 Å². The van der Waals surface area contributed by atoms with Gasteiger partial charge in [0.05, 0.1) is 10.6 Å². The number of hydrogen-bond acceptors (Lipinski definition) is 4. The maximum Gasteiger partial charge on any atom is 0.271 e. The van der Waals surface area contributed by atoms with Crippen LogP contribution in [0.3, 0.4) is 0 Å². The van der Waals surface area contributed by atoms with Crippen LogP contribution in [0.5, 0.6) is 5.75 Å². The van der Waals surface area contributed by atoms with Crippen molar-refractivity contribution >= 4 is 17.3 Å². The Balaban J connectivity index is 2.02. The van der Waals surface area contributed by atoms with Crippen molar-refractivity contribution < 1.29 is 14.8 Å². The highest BCUT2D eigenvalue weighted by molar-refractivity contribution is 6.01. The number of nitro groups is 1. The van der Waals surface area contributed by atoms with E-state index in [9.17, 15) is 20.0 Å². The second-order valence-electron chi connectivity index (χ2n) is 8.87. The minimum atomic E-state index is -0.588. The number of carbonyl (C=O) groups is 1. The van der Waals surface area contributed by atoms with E-state index in [0.717, 1.165) is 18.1 Å². The fourth-order valence-corrected chi connectivity index (χ4v) is 3.79. The Bertz CT molecular complexity index is 1040. The first-order valence-corrected chi connectivity index (χ1v) is 10.7. The molecule has 170 valence electrons. The first kappa shape index (κ1) is 24.9. The molecule has 0 fully saturated rings. The lowest BCUT2D eigenvalue weighted by atomic mass is 9.72. The van der Waals surface area contributed by atoms with Gasteiger partial charge in [-0.05, 0) is 62.7 Å². The molecule has 1 amide bonds. The smallest absolute Gasteiger partial charge is 0.271 e. The molecule has 1 aromatic carbocycles. The van der Waals surface area contributed by atoms with Crippen LogP contribution in [0.25, 0.3) is 0 Å². The van der Waals surface area contributed by atoms with Gasteiger partial charge < -0.3 is 10.4 Å². The first-order chi connectivity index (χ1) is 15.0. The summed E-state index contributed by atoms with van der Waals surface area (Å²) in [5, 5.41) is 23.1. The maximum atomic E-state index is 12.2. The molecule has 2 N–H and O–H groups in total. The number of nitrogens with one attached hydrogen (secondary N) is 1. The molecule has 0 aromatic heterocycles. The molecule has 0 radical (unpaired) electrons. The minimum Gasteiger partial charge on any atom is -0.506 e. The van der Waals surface area contributed by atoms with Crippen molar-refractivity contribution in [2.75, 3.05) is 5.32 Å². The van der Waals surface area contributed by atoms with Gasteiger partial charge in [-0.1, -0.05) is 55.4 Å². The van der Waals surface area contributed by atoms with E-state index >= 15 is 0 Å². The molecule has 1 aliphatic rings. The van der Waals surface area contributed by atoms with Crippen molar-refractivity contribution in [2.45, 2.75) is 53.9 Å². The summed E-state index contributed by atoms with van der Waals surface area (Å²) in [6, 6.07) is 3.47. The third-order valence-corrected chi connectivity index (χ3v) is 5.58. The quantitative estimate of drug-likeness (QED) is 0.162. The van der Waals surface area contributed by atoms with Crippen LogP contribution >= 0.6 is 0 Å². The van der Waals surface area contributed by atoms with E-state index in [1.807, 2.05) is 19.1 Å². The lowest BCUT2D eigenvalue weighted by Crippen LogP contribution is -2.19. The summed E-state index contributed by atoms with van der Waals surface area (Å²) in [7, 11) is 0. The van der Waals surface area contributed by atoms with Crippen LogP contribution in [-0.2, 0) is 4.79 Å². The molecule has 6 heteroatoms. The Morgan fingerprint density at radius 2 is 1.94 bits per heavy atom. The Morgan fingerprint density at radius 1 is 1.22 bits per heavy atom. The van der Waals surface area contributed by atoms with E-state index in [-0.39, 0.29) is 22.5 Å². The number of phenolic OH excluding ortho intramolecular Hbond substituents is 1. The second kappa shape index (κ2) is 10.8. The summed E-state index contributed by atoms with van der Waals surface area (Å²) in [6.45, 7) is 10.6. The Hall–Kier alpha value is -3.41. The summed E-state index contributed by atoms with van der Waals surface area (Å²) in [6.07, 6.45) is 15.0. The summed E-state index contributed by atoms with van der Waals surface area (Å²) in [4.78, 5) is 22.5. The number of aromatic hydroxyl groups is 1. The van der Waals surface area contributed by atoms with Gasteiger partial charge in [0.2, 0.25) is 5.91 Å². The number of amides is 1. The number of allylic oxidation sites excluding steroid dienone is 9. The molecular formula is C26H32N2O4. The molecule has 2 rings (SSSR count). The SMILES string of the molecule is CC1=C(/C=C/C(C)=C/C=C/C(C)=C/C(=O)Nc2cc([N+](=O)[O-])ccc2O)C(C)(C)CCC1. The Kier molecular flexibility index (Phi) is 8.35. The molecule has 6 nitrogen and oxygen atoms in total. The minimum absolute atomic E-state index is 0.00616. The van der Waals surface area contributed by atoms with Crippen LogP contribution in [0.4, 0.5) is 11.4 Å². The number of hydrogen-bond donors (Lipinski definition) is 2. The second-order valence-corrected chi connectivity index (χ2v) is 8.87. The third kappa shape index (κ3) is 7.08. The molecule has 1 aliphatic carbocycles. The van der Waals surface area contributed by atoms with Gasteiger partial charge in [-0.3, -0.25) is 14.9 Å². The maximum absolute atomic E-state index is 12.2. The van der Waals surface area contributed by atoms with Gasteiger partial charge in [0.25, 0.3) is 5.69 Å². The monoisotopic (exact) mass is 436 g/mol. The predicted octanol–water partition coefficient (Wildman–Crippen LogP) is 6.77. The predicted molar refractivity (Wildman–Crippen MR) is 130 cm³/mol. The van der Waals surface area contributed by atoms with E-state index in [1.54, 1.807) is 13.0 Å². The molecule has 0 spiro atoms. The topological polar surface area (TPSA) is 92.5 Å². The zero-order chi connectivity index (χ0) is 23.9. The summed E-state index contributed by atoms with van der Waals surface area (Å²) < 4.78 is 0. The molecule has 0 bridgehead atoms. The molecule has 0 unspecified atom stereocenters. The number of nitro benzene ring substituents is 1. The number of benzene rings is 1. The number of anilines is 1. The van der Waals surface area contributed by atoms with Gasteiger partial charge >= 0.3 is 0 Å². The van der Waals surface area contributed by atoms with Crippen molar-refractivity contribution in [2.24, 2.45) is 5.41 Å². The number of nitrogens with zero attached hydrogens (tertiary/aromatic N) is 1. The van der Waals surface area contributed by atoms with Crippen molar-refractivity contribution in [3.8, 4) is 5.75 Å². The van der Waals surface area contributed by atoms with Crippen molar-refractivity contribution in [1.29, 1.82) is 0 Å². The average molecular weight is 437 g/mol. The van der Waals surface area contributed by atoms with Crippen LogP contribution in [0.15, 0.2) is 76.9 Å². The van der Waals surface area contributed by atoms with Crippen molar-refractivity contribution in [1.82, 2.24) is 0 Å². The lowest BCUT2D eigenvalue weighted by molar-refractivity contribution is -0.384. The van der Waals surface area contributed by atoms with Crippen molar-refractivity contribution in [3.05, 3.63) is 87.1 Å². The molecule has 0 saturated carbocycles. The fraction of sp³-hybridized carbons (Fsp3) is 0.346. The first-order valence-electron chi connectivity index (χ1n) is 10.7. The van der Waals surface area contributed by atoms with Gasteiger partial charge in [-0.2, -0.15) is 0 Å². The number of non-ortho nitro benzene ring substituents is 1. The number of phenols is 1. The number of carbonyl (C=O) groups excluding carboxylic acids is 1. The zero-order valence-corrected chi connectivity index (χ0v) is 19.4. The van der Waals surface area contributed by atoms with E-state index in [2.05, 4.69) is 38.2 Å². The van der Waals surface area contributed by atoms with Gasteiger partial charge in [-0.25, -0.2) is 0 Å². The van der Waals surface area contributed by atoms with Gasteiger partial charge in [0, 0.05) is 18.2 Å². The lowest BCUT2D eigenvalue weighted by Gasteiger charge is -2.32. The molecule has 0 saturated heterocycles. The van der Waals surface area contributed by atoms with E-state index in [1.165, 1.54) is 42.2 Å². The van der Waals surface area contributed by atoms with Gasteiger partial charge in [0.1, 0.15) is 5.75 Å². The molecule has 0 heterocycles. The van der Waals surface area contributed by atoms with Crippen molar-refractivity contribution in [3.63, 3.8) is 0 Å².